The van der Waals surface area contributed by atoms with E-state index in [9.17, 15) is 23.1 Å². The summed E-state index contributed by atoms with van der Waals surface area (Å²) in [5.41, 5.74) is 0.334. The number of aliphatic hydroxyl groups is 1. The molecule has 8 nitrogen and oxygen atoms in total. The van der Waals surface area contributed by atoms with Crippen LogP contribution in [-0.4, -0.2) is 26.3 Å². The normalized spacial score (nSPS) is 12.4. The van der Waals surface area contributed by atoms with Gasteiger partial charge in [0, 0.05) is 17.7 Å². The number of carbonyl (C=O) groups is 1. The van der Waals surface area contributed by atoms with E-state index in [1.165, 1.54) is 47.7 Å². The van der Waals surface area contributed by atoms with Crippen molar-refractivity contribution in [2.24, 2.45) is 0 Å². The van der Waals surface area contributed by atoms with Crippen molar-refractivity contribution in [2.75, 3.05) is 0 Å². The Hall–Kier alpha value is -4.29. The molecule has 0 fully saturated rings. The standard InChI is InChI=1S/C25H17F3N4O4S/c26-25(27,28)18-19(15-4-2-1-3-5-15)31-35-21(18)24-30-22(32-36-24)17-8-6-16(7-9-17)20(33)23(34)29-12-14-10-11-37-13-14/h1-11,13,20,33H,12H2,(H,29,34)/t20-/m1/s1. The van der Waals surface area contributed by atoms with E-state index >= 15 is 0 Å². The Balaban J connectivity index is 1.36. The van der Waals surface area contributed by atoms with Crippen molar-refractivity contribution >= 4 is 17.2 Å². The van der Waals surface area contributed by atoms with Gasteiger partial charge in [-0.3, -0.25) is 4.79 Å². The number of hydrogen-bond donors (Lipinski definition) is 2. The lowest BCUT2D eigenvalue weighted by atomic mass is 10.1. The number of nitrogens with zero attached hydrogens (tertiary/aromatic N) is 3. The molecular weight excluding hydrogens is 509 g/mol. The van der Waals surface area contributed by atoms with Gasteiger partial charge >= 0.3 is 6.18 Å². The van der Waals surface area contributed by atoms with Gasteiger partial charge in [-0.2, -0.15) is 29.5 Å². The molecule has 0 radical (unpaired) electrons. The van der Waals surface area contributed by atoms with Gasteiger partial charge in [0.05, 0.1) is 0 Å². The molecule has 0 bridgehead atoms. The van der Waals surface area contributed by atoms with Crippen LogP contribution in [0.15, 0.2) is 80.5 Å². The van der Waals surface area contributed by atoms with Crippen molar-refractivity contribution in [3.05, 3.63) is 88.1 Å². The molecule has 1 amide bonds. The second kappa shape index (κ2) is 9.99. The van der Waals surface area contributed by atoms with Crippen molar-refractivity contribution in [2.45, 2.75) is 18.8 Å². The second-order valence-corrected chi connectivity index (χ2v) is 8.68. The van der Waals surface area contributed by atoms with Crippen LogP contribution in [0.2, 0.25) is 0 Å². The van der Waals surface area contributed by atoms with Gasteiger partial charge in [0.1, 0.15) is 11.3 Å². The lowest BCUT2D eigenvalue weighted by molar-refractivity contribution is -0.137. The van der Waals surface area contributed by atoms with E-state index in [2.05, 4.69) is 20.6 Å². The molecule has 2 aromatic carbocycles. The fourth-order valence-electron chi connectivity index (χ4n) is 3.57. The Kier molecular flexibility index (Phi) is 6.59. The van der Waals surface area contributed by atoms with Crippen LogP contribution in [0, 0.1) is 0 Å². The molecule has 0 saturated carbocycles. The van der Waals surface area contributed by atoms with E-state index in [0.717, 1.165) is 5.56 Å². The molecule has 12 heteroatoms. The molecule has 3 heterocycles. The Morgan fingerprint density at radius 1 is 1.00 bits per heavy atom. The minimum absolute atomic E-state index is 0.0104. The molecule has 0 aliphatic carbocycles. The first-order chi connectivity index (χ1) is 17.8. The SMILES string of the molecule is O=C(NCc1ccsc1)[C@H](O)c1ccc(-c2noc(-c3onc(-c4ccccc4)c3C(F)(F)F)n2)cc1. The highest BCUT2D eigenvalue weighted by Gasteiger charge is 2.43. The summed E-state index contributed by atoms with van der Waals surface area (Å²) in [7, 11) is 0. The molecule has 37 heavy (non-hydrogen) atoms. The summed E-state index contributed by atoms with van der Waals surface area (Å²) in [6.07, 6.45) is -6.20. The summed E-state index contributed by atoms with van der Waals surface area (Å²) in [6, 6.07) is 15.7. The Morgan fingerprint density at radius 3 is 2.43 bits per heavy atom. The number of aliphatic hydroxyl groups excluding tert-OH is 1. The van der Waals surface area contributed by atoms with Crippen LogP contribution >= 0.6 is 11.3 Å². The molecule has 5 aromatic rings. The number of thiophene rings is 1. The van der Waals surface area contributed by atoms with Crippen LogP contribution in [0.1, 0.15) is 22.8 Å². The third kappa shape index (κ3) is 5.15. The Labute approximate surface area is 211 Å². The molecule has 0 aliphatic rings. The van der Waals surface area contributed by atoms with Crippen LogP contribution in [0.25, 0.3) is 34.3 Å². The zero-order chi connectivity index (χ0) is 26.0. The maximum absolute atomic E-state index is 13.9. The van der Waals surface area contributed by atoms with Gasteiger partial charge in [-0.05, 0) is 28.0 Å². The average molecular weight is 526 g/mol. The minimum atomic E-state index is -4.79. The fraction of sp³-hybridized carbons (Fsp3) is 0.120. The lowest BCUT2D eigenvalue weighted by Crippen LogP contribution is -2.28. The number of halogens is 3. The van der Waals surface area contributed by atoms with Crippen LogP contribution < -0.4 is 5.32 Å². The van der Waals surface area contributed by atoms with Crippen LogP contribution in [-0.2, 0) is 17.5 Å². The highest BCUT2D eigenvalue weighted by atomic mass is 32.1. The molecule has 0 saturated heterocycles. The quantitative estimate of drug-likeness (QED) is 0.288. The van der Waals surface area contributed by atoms with Gasteiger partial charge in [-0.1, -0.05) is 64.9 Å². The minimum Gasteiger partial charge on any atom is -0.378 e. The first-order valence-electron chi connectivity index (χ1n) is 10.8. The maximum Gasteiger partial charge on any atom is 0.422 e. The van der Waals surface area contributed by atoms with E-state index in [4.69, 9.17) is 9.05 Å². The predicted molar refractivity (Wildman–Crippen MR) is 127 cm³/mol. The van der Waals surface area contributed by atoms with Gasteiger partial charge in [0.2, 0.25) is 11.6 Å². The van der Waals surface area contributed by atoms with Gasteiger partial charge in [0.25, 0.3) is 11.8 Å². The van der Waals surface area contributed by atoms with Gasteiger partial charge in [-0.15, -0.1) is 0 Å². The molecular formula is C25H17F3N4O4S. The molecule has 5 rings (SSSR count). The van der Waals surface area contributed by atoms with Crippen molar-refractivity contribution < 1.29 is 32.1 Å². The van der Waals surface area contributed by atoms with Gasteiger partial charge < -0.3 is 19.5 Å². The number of benzene rings is 2. The average Bonchev–Trinajstić information content (AvgIpc) is 3.67. The highest BCUT2D eigenvalue weighted by molar-refractivity contribution is 7.07. The maximum atomic E-state index is 13.9. The largest absolute Gasteiger partial charge is 0.422 e. The van der Waals surface area contributed by atoms with Crippen molar-refractivity contribution in [3.8, 4) is 34.3 Å². The zero-order valence-electron chi connectivity index (χ0n) is 18.8. The number of carbonyl (C=O) groups excluding carboxylic acids is 1. The van der Waals surface area contributed by atoms with Crippen LogP contribution in [0.3, 0.4) is 0 Å². The van der Waals surface area contributed by atoms with Gasteiger partial charge in [-0.25, -0.2) is 0 Å². The highest BCUT2D eigenvalue weighted by Crippen LogP contribution is 2.43. The number of nitrogens with one attached hydrogen (secondary N) is 1. The summed E-state index contributed by atoms with van der Waals surface area (Å²) in [5.74, 6) is -1.77. The summed E-state index contributed by atoms with van der Waals surface area (Å²) in [5, 5.41) is 24.1. The predicted octanol–water partition coefficient (Wildman–Crippen LogP) is 5.49. The second-order valence-electron chi connectivity index (χ2n) is 7.90. The molecule has 2 N–H and O–H groups in total. The number of amides is 1. The third-order valence-corrected chi connectivity index (χ3v) is 6.15. The van der Waals surface area contributed by atoms with Gasteiger partial charge in [0.15, 0.2) is 6.10 Å². The topological polar surface area (TPSA) is 114 Å². The lowest BCUT2D eigenvalue weighted by Gasteiger charge is -2.11. The Bertz CT molecular complexity index is 1500. The molecule has 188 valence electrons. The van der Waals surface area contributed by atoms with Crippen LogP contribution in [0.4, 0.5) is 13.2 Å². The molecule has 3 aromatic heterocycles. The smallest absolute Gasteiger partial charge is 0.378 e. The summed E-state index contributed by atoms with van der Waals surface area (Å²) >= 11 is 1.50. The number of rotatable bonds is 7. The molecule has 0 unspecified atom stereocenters. The van der Waals surface area contributed by atoms with E-state index in [-0.39, 0.29) is 17.9 Å². The fourth-order valence-corrected chi connectivity index (χ4v) is 4.24. The third-order valence-electron chi connectivity index (χ3n) is 5.42. The summed E-state index contributed by atoms with van der Waals surface area (Å²) in [4.78, 5) is 16.3. The van der Waals surface area contributed by atoms with E-state index in [1.807, 2.05) is 16.8 Å². The molecule has 1 atom stereocenters. The van der Waals surface area contributed by atoms with E-state index < -0.39 is 41.1 Å². The van der Waals surface area contributed by atoms with Crippen molar-refractivity contribution in [3.63, 3.8) is 0 Å². The summed E-state index contributed by atoms with van der Waals surface area (Å²) in [6.45, 7) is 0.288. The summed E-state index contributed by atoms with van der Waals surface area (Å²) < 4.78 is 51.8. The van der Waals surface area contributed by atoms with E-state index in [0.29, 0.717) is 11.1 Å². The monoisotopic (exact) mass is 526 g/mol. The number of aromatic nitrogens is 3. The zero-order valence-corrected chi connectivity index (χ0v) is 19.6. The van der Waals surface area contributed by atoms with Crippen molar-refractivity contribution in [1.82, 2.24) is 20.6 Å². The first kappa shape index (κ1) is 24.4. The number of hydrogen-bond acceptors (Lipinski definition) is 8. The van der Waals surface area contributed by atoms with E-state index in [1.54, 1.807) is 18.2 Å². The van der Waals surface area contributed by atoms with Crippen LogP contribution in [0.5, 0.6) is 0 Å². The first-order valence-corrected chi connectivity index (χ1v) is 11.8. The Morgan fingerprint density at radius 2 is 1.76 bits per heavy atom. The molecule has 0 spiro atoms. The number of alkyl halides is 3. The van der Waals surface area contributed by atoms with Crippen molar-refractivity contribution in [1.29, 1.82) is 0 Å². The molecule has 0 aliphatic heterocycles.